The van der Waals surface area contributed by atoms with Crippen LogP contribution in [0.4, 0.5) is 27.6 Å². The van der Waals surface area contributed by atoms with Gasteiger partial charge in [0.05, 0.1) is 20.5 Å². The minimum absolute atomic E-state index is 0.234. The average molecular weight is 444 g/mol. The third kappa shape index (κ3) is 4.10. The number of sulfone groups is 1. The molecule has 0 aromatic heterocycles. The predicted molar refractivity (Wildman–Crippen MR) is 88.6 cm³/mol. The van der Waals surface area contributed by atoms with Crippen LogP contribution in [0, 0.1) is 11.6 Å². The highest BCUT2D eigenvalue weighted by molar-refractivity contribution is 7.91. The van der Waals surface area contributed by atoms with Gasteiger partial charge in [-0.05, 0) is 43.3 Å². The normalized spacial score (nSPS) is 14.4. The van der Waals surface area contributed by atoms with Gasteiger partial charge in [0, 0.05) is 0 Å². The summed E-state index contributed by atoms with van der Waals surface area (Å²) in [5, 5.41) is 10.6. The number of anilines is 1. The number of aliphatic hydroxyl groups is 1. The number of carbonyl (C=O) groups is 1. The predicted octanol–water partition coefficient (Wildman–Crippen LogP) is 3.70. The number of carbonyl (C=O) groups excluding carboxylic acids is 1. The van der Waals surface area contributed by atoms with Crippen LogP contribution in [0.1, 0.15) is 6.92 Å². The van der Waals surface area contributed by atoms with E-state index < -0.39 is 59.7 Å². The van der Waals surface area contributed by atoms with Crippen LogP contribution in [-0.2, 0) is 14.6 Å². The molecule has 0 aliphatic rings. The number of benzene rings is 2. The van der Waals surface area contributed by atoms with Gasteiger partial charge in [0.15, 0.2) is 11.6 Å². The first-order valence-corrected chi connectivity index (χ1v) is 9.14. The molecule has 0 fully saturated rings. The Bertz CT molecular complexity index is 1040. The SMILES string of the molecule is C[C@@](O)(C(=O)Nc1ccc(S(=O)(=O)c2ccc(F)c(F)c2)cc1Cl)C(F)(F)F. The number of nitrogens with one attached hydrogen (secondary N) is 1. The molecule has 0 bridgehead atoms. The summed E-state index contributed by atoms with van der Waals surface area (Å²) < 4.78 is 89.2. The maximum absolute atomic E-state index is 13.3. The van der Waals surface area contributed by atoms with Gasteiger partial charge in [0.2, 0.25) is 15.4 Å². The molecular formula is C16H11ClF5NO4S. The van der Waals surface area contributed by atoms with Crippen LogP contribution >= 0.6 is 11.6 Å². The van der Waals surface area contributed by atoms with Crippen molar-refractivity contribution in [3.8, 4) is 0 Å². The molecule has 2 aromatic carbocycles. The fraction of sp³-hybridized carbons (Fsp3) is 0.188. The first-order valence-electron chi connectivity index (χ1n) is 7.28. The summed E-state index contributed by atoms with van der Waals surface area (Å²) in [6, 6.07) is 4.46. The smallest absolute Gasteiger partial charge is 0.373 e. The molecule has 0 saturated heterocycles. The minimum atomic E-state index is -5.26. The Hall–Kier alpha value is -2.24. The summed E-state index contributed by atoms with van der Waals surface area (Å²) in [7, 11) is -4.33. The Balaban J connectivity index is 2.36. The molecule has 1 amide bonds. The van der Waals surface area contributed by atoms with Crippen LogP contribution in [0.15, 0.2) is 46.2 Å². The number of hydrogen-bond acceptors (Lipinski definition) is 4. The van der Waals surface area contributed by atoms with Crippen LogP contribution < -0.4 is 5.32 Å². The van der Waals surface area contributed by atoms with Gasteiger partial charge in [0.1, 0.15) is 0 Å². The largest absolute Gasteiger partial charge is 0.426 e. The molecule has 0 saturated carbocycles. The first kappa shape index (κ1) is 22.1. The molecule has 2 aromatic rings. The molecule has 0 spiro atoms. The van der Waals surface area contributed by atoms with Gasteiger partial charge in [-0.1, -0.05) is 11.6 Å². The van der Waals surface area contributed by atoms with Crippen molar-refractivity contribution in [3.63, 3.8) is 0 Å². The molecule has 28 heavy (non-hydrogen) atoms. The van der Waals surface area contributed by atoms with Crippen molar-refractivity contribution < 1.29 is 40.3 Å². The highest BCUT2D eigenvalue weighted by atomic mass is 35.5. The Morgan fingerprint density at radius 1 is 1.04 bits per heavy atom. The quantitative estimate of drug-likeness (QED) is 0.557. The van der Waals surface area contributed by atoms with E-state index in [4.69, 9.17) is 11.6 Å². The zero-order valence-electron chi connectivity index (χ0n) is 13.8. The van der Waals surface area contributed by atoms with Gasteiger partial charge < -0.3 is 10.4 Å². The zero-order valence-corrected chi connectivity index (χ0v) is 15.4. The van der Waals surface area contributed by atoms with Gasteiger partial charge >= 0.3 is 6.18 Å². The van der Waals surface area contributed by atoms with Crippen LogP contribution in [0.25, 0.3) is 0 Å². The minimum Gasteiger partial charge on any atom is -0.373 e. The third-order valence-electron chi connectivity index (χ3n) is 3.69. The molecule has 5 nitrogen and oxygen atoms in total. The molecular weight excluding hydrogens is 433 g/mol. The number of amides is 1. The first-order chi connectivity index (χ1) is 12.7. The van der Waals surface area contributed by atoms with Crippen LogP contribution in [-0.4, -0.2) is 31.2 Å². The lowest BCUT2D eigenvalue weighted by Gasteiger charge is -2.25. The number of hydrogen-bond donors (Lipinski definition) is 2. The zero-order chi connectivity index (χ0) is 21.5. The topological polar surface area (TPSA) is 83.5 Å². The van der Waals surface area contributed by atoms with Crippen molar-refractivity contribution in [3.05, 3.63) is 53.1 Å². The van der Waals surface area contributed by atoms with Crippen LogP contribution in [0.2, 0.25) is 5.02 Å². The number of alkyl halides is 3. The summed E-state index contributed by atoms with van der Waals surface area (Å²) in [5.41, 5.74) is -4.12. The summed E-state index contributed by atoms with van der Waals surface area (Å²) in [6.45, 7) is 0.234. The molecule has 0 heterocycles. The molecule has 2 N–H and O–H groups in total. The Morgan fingerprint density at radius 2 is 1.57 bits per heavy atom. The molecule has 2 rings (SSSR count). The van der Waals surface area contributed by atoms with Gasteiger partial charge in [0.25, 0.3) is 5.91 Å². The molecule has 0 unspecified atom stereocenters. The maximum Gasteiger partial charge on any atom is 0.426 e. The van der Waals surface area contributed by atoms with E-state index in [1.165, 1.54) is 0 Å². The van der Waals surface area contributed by atoms with Crippen molar-refractivity contribution in [2.45, 2.75) is 28.5 Å². The Labute approximate surface area is 160 Å². The summed E-state index contributed by atoms with van der Waals surface area (Å²) in [6.07, 6.45) is -5.26. The highest BCUT2D eigenvalue weighted by Gasteiger charge is 2.55. The lowest BCUT2D eigenvalue weighted by molar-refractivity contribution is -0.242. The lowest BCUT2D eigenvalue weighted by Crippen LogP contribution is -2.52. The van der Waals surface area contributed by atoms with Gasteiger partial charge in [-0.2, -0.15) is 13.2 Å². The van der Waals surface area contributed by atoms with E-state index in [-0.39, 0.29) is 6.92 Å². The average Bonchev–Trinajstić information content (AvgIpc) is 2.57. The lowest BCUT2D eigenvalue weighted by atomic mass is 10.1. The Kier molecular flexibility index (Phi) is 5.75. The van der Waals surface area contributed by atoms with E-state index in [1.54, 1.807) is 5.32 Å². The molecule has 1 atom stereocenters. The van der Waals surface area contributed by atoms with E-state index in [2.05, 4.69) is 0 Å². The highest BCUT2D eigenvalue weighted by Crippen LogP contribution is 2.33. The van der Waals surface area contributed by atoms with Crippen molar-refractivity contribution in [2.24, 2.45) is 0 Å². The van der Waals surface area contributed by atoms with Crippen molar-refractivity contribution in [1.29, 1.82) is 0 Å². The third-order valence-corrected chi connectivity index (χ3v) is 5.76. The van der Waals surface area contributed by atoms with Crippen molar-refractivity contribution in [2.75, 3.05) is 5.32 Å². The van der Waals surface area contributed by atoms with Crippen molar-refractivity contribution >= 4 is 33.0 Å². The molecule has 0 aliphatic heterocycles. The second kappa shape index (κ2) is 7.30. The fourth-order valence-corrected chi connectivity index (χ4v) is 3.51. The Morgan fingerprint density at radius 3 is 2.07 bits per heavy atom. The van der Waals surface area contributed by atoms with E-state index >= 15 is 0 Å². The molecule has 12 heteroatoms. The fourth-order valence-electron chi connectivity index (χ4n) is 1.92. The molecule has 0 radical (unpaired) electrons. The van der Waals surface area contributed by atoms with Gasteiger partial charge in [-0.15, -0.1) is 0 Å². The monoisotopic (exact) mass is 443 g/mol. The summed E-state index contributed by atoms with van der Waals surface area (Å²) in [4.78, 5) is 10.6. The summed E-state index contributed by atoms with van der Waals surface area (Å²) in [5.74, 6) is -4.49. The van der Waals surface area contributed by atoms with Crippen molar-refractivity contribution in [1.82, 2.24) is 0 Å². The standard InChI is InChI=1S/C16H11ClF5NO4S/c1-15(25,16(20,21)22)14(24)23-13-5-3-8(6-10(13)17)28(26,27)9-2-4-11(18)12(19)7-9/h2-7,25H,1H3,(H,23,24)/t15-/m1/s1. The summed E-state index contributed by atoms with van der Waals surface area (Å²) >= 11 is 5.81. The van der Waals surface area contributed by atoms with E-state index in [9.17, 15) is 40.3 Å². The molecule has 152 valence electrons. The molecule has 0 aliphatic carbocycles. The van der Waals surface area contributed by atoms with Crippen LogP contribution in [0.5, 0.6) is 0 Å². The maximum atomic E-state index is 13.3. The van der Waals surface area contributed by atoms with Gasteiger partial charge in [-0.3, -0.25) is 4.79 Å². The number of rotatable bonds is 4. The second-order valence-electron chi connectivity index (χ2n) is 5.75. The van der Waals surface area contributed by atoms with Crippen LogP contribution in [0.3, 0.4) is 0 Å². The van der Waals surface area contributed by atoms with E-state index in [1.807, 2.05) is 0 Å². The van der Waals surface area contributed by atoms with E-state index in [0.29, 0.717) is 12.1 Å². The number of halogens is 6. The second-order valence-corrected chi connectivity index (χ2v) is 8.10. The van der Waals surface area contributed by atoms with Gasteiger partial charge in [-0.25, -0.2) is 17.2 Å². The van der Waals surface area contributed by atoms with E-state index in [0.717, 1.165) is 24.3 Å².